The Morgan fingerprint density at radius 3 is 2.71 bits per heavy atom. The number of rotatable bonds is 5. The molecule has 2 rings (SSSR count). The van der Waals surface area contributed by atoms with Crippen molar-refractivity contribution in [2.24, 2.45) is 5.92 Å². The number of hydrogen-bond acceptors (Lipinski definition) is 3. The second-order valence-corrected chi connectivity index (χ2v) is 4.53. The second-order valence-electron chi connectivity index (χ2n) is 4.53. The van der Waals surface area contributed by atoms with E-state index in [1.165, 1.54) is 12.8 Å². The molecule has 0 spiro atoms. The summed E-state index contributed by atoms with van der Waals surface area (Å²) in [6.45, 7) is 2.46. The molecule has 1 aliphatic rings. The first kappa shape index (κ1) is 11.9. The van der Waals surface area contributed by atoms with E-state index in [1.807, 2.05) is 0 Å². The van der Waals surface area contributed by atoms with Crippen LogP contribution in [-0.2, 0) is 9.53 Å². The van der Waals surface area contributed by atoms with Gasteiger partial charge in [-0.3, -0.25) is 4.79 Å². The van der Waals surface area contributed by atoms with E-state index in [0.717, 1.165) is 5.69 Å². The summed E-state index contributed by atoms with van der Waals surface area (Å²) in [7, 11) is 0. The summed E-state index contributed by atoms with van der Waals surface area (Å²) in [5.41, 5.74) is 6.99. The first-order chi connectivity index (χ1) is 8.15. The summed E-state index contributed by atoms with van der Waals surface area (Å²) in [6.07, 6.45) is 2.05. The standard InChI is InChI=1S/C13H18N2O2/c1-9(17-8-10-2-3-10)13(16)15-12-6-4-11(14)5-7-12/h4-7,9-10H,2-3,8,14H2,1H3,(H,15,16). The van der Waals surface area contributed by atoms with Gasteiger partial charge in [0.25, 0.3) is 5.91 Å². The molecule has 0 aromatic heterocycles. The van der Waals surface area contributed by atoms with Crippen molar-refractivity contribution in [3.63, 3.8) is 0 Å². The van der Waals surface area contributed by atoms with Crippen LogP contribution in [0.4, 0.5) is 11.4 Å². The molecule has 1 atom stereocenters. The zero-order valence-electron chi connectivity index (χ0n) is 9.98. The van der Waals surface area contributed by atoms with Crippen LogP contribution in [0.3, 0.4) is 0 Å². The number of amides is 1. The number of anilines is 2. The van der Waals surface area contributed by atoms with Gasteiger partial charge in [0, 0.05) is 11.4 Å². The number of carbonyl (C=O) groups excluding carboxylic acids is 1. The molecule has 0 aliphatic heterocycles. The zero-order chi connectivity index (χ0) is 12.3. The van der Waals surface area contributed by atoms with Gasteiger partial charge >= 0.3 is 0 Å². The molecule has 1 aliphatic carbocycles. The minimum atomic E-state index is -0.409. The molecule has 0 radical (unpaired) electrons. The van der Waals surface area contributed by atoms with Crippen molar-refractivity contribution in [2.45, 2.75) is 25.9 Å². The summed E-state index contributed by atoms with van der Waals surface area (Å²) in [4.78, 5) is 11.8. The molecule has 0 bridgehead atoms. The molecular weight excluding hydrogens is 216 g/mol. The van der Waals surface area contributed by atoms with E-state index in [-0.39, 0.29) is 5.91 Å². The Morgan fingerprint density at radius 1 is 1.47 bits per heavy atom. The third kappa shape index (κ3) is 3.75. The highest BCUT2D eigenvalue weighted by Gasteiger charge is 2.23. The third-order valence-corrected chi connectivity index (χ3v) is 2.83. The van der Waals surface area contributed by atoms with E-state index in [9.17, 15) is 4.79 Å². The molecule has 1 aromatic rings. The van der Waals surface area contributed by atoms with E-state index in [0.29, 0.717) is 18.2 Å². The van der Waals surface area contributed by atoms with Crippen molar-refractivity contribution in [3.05, 3.63) is 24.3 Å². The predicted molar refractivity (Wildman–Crippen MR) is 67.6 cm³/mol. The monoisotopic (exact) mass is 234 g/mol. The number of benzene rings is 1. The number of nitrogens with one attached hydrogen (secondary N) is 1. The summed E-state index contributed by atoms with van der Waals surface area (Å²) in [6, 6.07) is 7.07. The summed E-state index contributed by atoms with van der Waals surface area (Å²) >= 11 is 0. The van der Waals surface area contributed by atoms with Gasteiger partial charge in [-0.15, -0.1) is 0 Å². The maximum absolute atomic E-state index is 11.8. The topological polar surface area (TPSA) is 64.3 Å². The van der Waals surface area contributed by atoms with E-state index in [2.05, 4.69) is 5.32 Å². The van der Waals surface area contributed by atoms with Gasteiger partial charge in [-0.1, -0.05) is 0 Å². The van der Waals surface area contributed by atoms with Crippen molar-refractivity contribution in [1.82, 2.24) is 0 Å². The number of hydrogen-bond donors (Lipinski definition) is 2. The minimum Gasteiger partial charge on any atom is -0.399 e. The quantitative estimate of drug-likeness (QED) is 0.766. The normalized spacial score (nSPS) is 16.5. The van der Waals surface area contributed by atoms with Crippen LogP contribution in [0.15, 0.2) is 24.3 Å². The molecule has 1 saturated carbocycles. The van der Waals surface area contributed by atoms with Crippen LogP contribution in [0, 0.1) is 5.92 Å². The number of nitrogens with two attached hydrogens (primary N) is 1. The van der Waals surface area contributed by atoms with Crippen LogP contribution in [-0.4, -0.2) is 18.6 Å². The van der Waals surface area contributed by atoms with Crippen molar-refractivity contribution in [3.8, 4) is 0 Å². The molecule has 4 nitrogen and oxygen atoms in total. The fourth-order valence-electron chi connectivity index (χ4n) is 1.45. The molecule has 0 heterocycles. The van der Waals surface area contributed by atoms with Crippen molar-refractivity contribution in [1.29, 1.82) is 0 Å². The van der Waals surface area contributed by atoms with Gasteiger partial charge < -0.3 is 15.8 Å². The van der Waals surface area contributed by atoms with Crippen LogP contribution in [0.1, 0.15) is 19.8 Å². The lowest BCUT2D eigenvalue weighted by Crippen LogP contribution is -2.28. The highest BCUT2D eigenvalue weighted by molar-refractivity contribution is 5.94. The van der Waals surface area contributed by atoms with Gasteiger partial charge in [-0.05, 0) is 49.9 Å². The SMILES string of the molecule is CC(OCC1CC1)C(=O)Nc1ccc(N)cc1. The molecular formula is C13H18N2O2. The largest absolute Gasteiger partial charge is 0.399 e. The van der Waals surface area contributed by atoms with Crippen molar-refractivity contribution < 1.29 is 9.53 Å². The van der Waals surface area contributed by atoms with Crippen molar-refractivity contribution in [2.75, 3.05) is 17.7 Å². The predicted octanol–water partition coefficient (Wildman–Crippen LogP) is 2.02. The average molecular weight is 234 g/mol. The lowest BCUT2D eigenvalue weighted by Gasteiger charge is -2.13. The number of carbonyl (C=O) groups is 1. The Hall–Kier alpha value is -1.55. The number of nitrogen functional groups attached to an aromatic ring is 1. The molecule has 1 unspecified atom stereocenters. The first-order valence-corrected chi connectivity index (χ1v) is 5.93. The molecule has 1 aromatic carbocycles. The van der Waals surface area contributed by atoms with Crippen molar-refractivity contribution >= 4 is 17.3 Å². The first-order valence-electron chi connectivity index (χ1n) is 5.93. The Labute approximate surface area is 101 Å². The van der Waals surface area contributed by atoms with E-state index in [4.69, 9.17) is 10.5 Å². The van der Waals surface area contributed by atoms with Gasteiger partial charge in [0.1, 0.15) is 6.10 Å². The summed E-state index contributed by atoms with van der Waals surface area (Å²) in [5, 5.41) is 2.79. The van der Waals surface area contributed by atoms with Gasteiger partial charge in [-0.25, -0.2) is 0 Å². The molecule has 4 heteroatoms. The number of ether oxygens (including phenoxy) is 1. The van der Waals surface area contributed by atoms with E-state index < -0.39 is 6.10 Å². The van der Waals surface area contributed by atoms with Crippen LogP contribution >= 0.6 is 0 Å². The Kier molecular flexibility index (Phi) is 3.64. The average Bonchev–Trinajstić information content (AvgIpc) is 3.13. The van der Waals surface area contributed by atoms with Crippen LogP contribution in [0.25, 0.3) is 0 Å². The second kappa shape index (κ2) is 5.19. The lowest BCUT2D eigenvalue weighted by atomic mass is 10.2. The van der Waals surface area contributed by atoms with Gasteiger partial charge in [0.05, 0.1) is 6.61 Å². The Balaban J connectivity index is 1.80. The molecule has 92 valence electrons. The fourth-order valence-corrected chi connectivity index (χ4v) is 1.45. The fraction of sp³-hybridized carbons (Fsp3) is 0.462. The third-order valence-electron chi connectivity index (χ3n) is 2.83. The van der Waals surface area contributed by atoms with E-state index >= 15 is 0 Å². The van der Waals surface area contributed by atoms with Gasteiger partial charge in [-0.2, -0.15) is 0 Å². The van der Waals surface area contributed by atoms with Crippen LogP contribution in [0.5, 0.6) is 0 Å². The molecule has 17 heavy (non-hydrogen) atoms. The summed E-state index contributed by atoms with van der Waals surface area (Å²) in [5.74, 6) is 0.553. The minimum absolute atomic E-state index is 0.115. The maximum Gasteiger partial charge on any atom is 0.253 e. The van der Waals surface area contributed by atoms with Crippen LogP contribution < -0.4 is 11.1 Å². The molecule has 0 saturated heterocycles. The highest BCUT2D eigenvalue weighted by atomic mass is 16.5. The van der Waals surface area contributed by atoms with Gasteiger partial charge in [0.2, 0.25) is 0 Å². The Bertz CT molecular complexity index is 385. The molecule has 3 N–H and O–H groups in total. The zero-order valence-corrected chi connectivity index (χ0v) is 9.98. The lowest BCUT2D eigenvalue weighted by molar-refractivity contribution is -0.126. The van der Waals surface area contributed by atoms with Gasteiger partial charge in [0.15, 0.2) is 0 Å². The molecule has 1 fully saturated rings. The maximum atomic E-state index is 11.8. The highest BCUT2D eigenvalue weighted by Crippen LogP contribution is 2.29. The molecule has 1 amide bonds. The summed E-state index contributed by atoms with van der Waals surface area (Å²) < 4.78 is 5.49. The smallest absolute Gasteiger partial charge is 0.253 e. The van der Waals surface area contributed by atoms with Crippen LogP contribution in [0.2, 0.25) is 0 Å². The van der Waals surface area contributed by atoms with E-state index in [1.54, 1.807) is 31.2 Å². The Morgan fingerprint density at radius 2 is 2.12 bits per heavy atom.